The van der Waals surface area contributed by atoms with Gasteiger partial charge in [0.15, 0.2) is 5.75 Å². The first-order valence-corrected chi connectivity index (χ1v) is 10.9. The van der Waals surface area contributed by atoms with Crippen LogP contribution in [-0.2, 0) is 12.7 Å². The van der Waals surface area contributed by atoms with E-state index >= 15 is 0 Å². The molecule has 1 aliphatic rings. The van der Waals surface area contributed by atoms with Gasteiger partial charge in [0.25, 0.3) is 5.91 Å². The predicted molar refractivity (Wildman–Crippen MR) is 121 cm³/mol. The van der Waals surface area contributed by atoms with E-state index in [0.717, 1.165) is 12.1 Å². The van der Waals surface area contributed by atoms with Gasteiger partial charge in [-0.05, 0) is 43.9 Å². The van der Waals surface area contributed by atoms with Gasteiger partial charge in [0.1, 0.15) is 6.61 Å². The maximum atomic E-state index is 13.7. The number of anilines is 1. The number of carbonyl (C=O) groups excluding carboxylic acids is 1. The lowest BCUT2D eigenvalue weighted by Crippen LogP contribution is -2.56. The summed E-state index contributed by atoms with van der Waals surface area (Å²) in [4.78, 5) is 27.1. The van der Waals surface area contributed by atoms with Crippen LogP contribution in [0.5, 0.6) is 5.75 Å². The molecule has 8 nitrogen and oxygen atoms in total. The highest BCUT2D eigenvalue weighted by Crippen LogP contribution is 2.35. The summed E-state index contributed by atoms with van der Waals surface area (Å²) >= 11 is 5.53. The number of nitrogens with zero attached hydrogens (tertiary/aromatic N) is 3. The summed E-state index contributed by atoms with van der Waals surface area (Å²) in [6.07, 6.45) is -4.61. The maximum absolute atomic E-state index is 13.7. The predicted octanol–water partition coefficient (Wildman–Crippen LogP) is 4.23. The van der Waals surface area contributed by atoms with Gasteiger partial charge in [-0.1, -0.05) is 6.07 Å². The van der Waals surface area contributed by atoms with E-state index in [1.807, 2.05) is 23.9 Å². The van der Waals surface area contributed by atoms with Crippen molar-refractivity contribution in [2.45, 2.75) is 18.8 Å². The Morgan fingerprint density at radius 2 is 1.97 bits per heavy atom. The smallest absolute Gasteiger partial charge is 0.416 e. The third kappa shape index (κ3) is 6.16. The van der Waals surface area contributed by atoms with Crippen LogP contribution < -0.4 is 10.1 Å². The average molecular weight is 501 g/mol. The molecular weight excluding hydrogens is 477 g/mol. The van der Waals surface area contributed by atoms with Crippen molar-refractivity contribution in [3.05, 3.63) is 63.2 Å². The van der Waals surface area contributed by atoms with Crippen molar-refractivity contribution in [1.29, 1.82) is 0 Å². The number of carbonyl (C=O) groups is 1. The summed E-state index contributed by atoms with van der Waals surface area (Å²) in [5.74, 6) is -0.733. The standard InChI is InChI=1S/C22H24ClF3N4O4/c1-28(2)17-12-29(13-17)11-15-3-5-16(10-18(15)22(24,25)26)27-21(31)14-4-6-20(34-8-7-23)19(9-14)30(32)33/h3-6,9-10,17H,7-8,11-13H2,1-2H3,(H,27,31). The zero-order chi connectivity index (χ0) is 25.0. The van der Waals surface area contributed by atoms with E-state index in [9.17, 15) is 28.1 Å². The SMILES string of the molecule is CN(C)C1CN(Cc2ccc(NC(=O)c3ccc(OCCCl)c([N+](=O)[O-])c3)cc2C(F)(F)F)C1. The lowest BCUT2D eigenvalue weighted by Gasteiger charge is -2.43. The zero-order valence-electron chi connectivity index (χ0n) is 18.6. The average Bonchev–Trinajstić information content (AvgIpc) is 2.73. The number of hydrogen-bond acceptors (Lipinski definition) is 6. The quantitative estimate of drug-likeness (QED) is 0.315. The molecule has 2 aromatic carbocycles. The molecule has 0 aliphatic carbocycles. The molecule has 1 aliphatic heterocycles. The largest absolute Gasteiger partial charge is 0.486 e. The van der Waals surface area contributed by atoms with Gasteiger partial charge in [0.2, 0.25) is 0 Å². The number of rotatable bonds is 9. The number of halogens is 4. The van der Waals surface area contributed by atoms with E-state index < -0.39 is 28.3 Å². The Morgan fingerprint density at radius 1 is 1.26 bits per heavy atom. The monoisotopic (exact) mass is 500 g/mol. The molecule has 0 bridgehead atoms. The normalized spacial score (nSPS) is 14.7. The summed E-state index contributed by atoms with van der Waals surface area (Å²) in [7, 11) is 3.85. The van der Waals surface area contributed by atoms with Gasteiger partial charge < -0.3 is 15.0 Å². The number of nitro groups is 1. The molecule has 3 rings (SSSR count). The molecule has 12 heteroatoms. The highest BCUT2D eigenvalue weighted by atomic mass is 35.5. The van der Waals surface area contributed by atoms with Crippen molar-refractivity contribution in [3.8, 4) is 5.75 Å². The maximum Gasteiger partial charge on any atom is 0.416 e. The molecule has 0 radical (unpaired) electrons. The second-order valence-corrected chi connectivity index (χ2v) is 8.49. The van der Waals surface area contributed by atoms with Crippen LogP contribution in [0.25, 0.3) is 0 Å². The van der Waals surface area contributed by atoms with E-state index in [0.29, 0.717) is 19.1 Å². The van der Waals surface area contributed by atoms with Crippen LogP contribution in [0.15, 0.2) is 36.4 Å². The number of ether oxygens (including phenoxy) is 1. The summed E-state index contributed by atoms with van der Waals surface area (Å²) in [5, 5.41) is 13.7. The van der Waals surface area contributed by atoms with Crippen LogP contribution in [-0.4, -0.2) is 66.3 Å². The Labute approximate surface area is 199 Å². The molecule has 1 saturated heterocycles. The number of likely N-dealkylation sites (N-methyl/N-ethyl adjacent to an activating group) is 1. The van der Waals surface area contributed by atoms with Gasteiger partial charge in [0.05, 0.1) is 16.4 Å². The molecule has 0 atom stereocenters. The molecule has 1 amide bonds. The minimum absolute atomic E-state index is 0.0355. The fourth-order valence-electron chi connectivity index (χ4n) is 3.57. The number of benzene rings is 2. The lowest BCUT2D eigenvalue weighted by molar-refractivity contribution is -0.385. The van der Waals surface area contributed by atoms with Gasteiger partial charge in [0, 0.05) is 43.0 Å². The van der Waals surface area contributed by atoms with E-state index in [4.69, 9.17) is 16.3 Å². The molecule has 0 unspecified atom stereocenters. The molecule has 0 saturated carbocycles. The van der Waals surface area contributed by atoms with Gasteiger partial charge in [-0.15, -0.1) is 11.6 Å². The van der Waals surface area contributed by atoms with Crippen LogP contribution in [0.1, 0.15) is 21.5 Å². The number of hydrogen-bond donors (Lipinski definition) is 1. The molecule has 0 aromatic heterocycles. The Hall–Kier alpha value is -2.89. The Bertz CT molecular complexity index is 1060. The van der Waals surface area contributed by atoms with Crippen molar-refractivity contribution in [1.82, 2.24) is 9.80 Å². The zero-order valence-corrected chi connectivity index (χ0v) is 19.3. The highest BCUT2D eigenvalue weighted by Gasteiger charge is 2.36. The molecule has 2 aromatic rings. The number of nitro benzene ring substituents is 1. The second kappa shape index (κ2) is 10.6. The number of alkyl halides is 4. The first kappa shape index (κ1) is 25.7. The molecule has 184 valence electrons. The molecule has 1 heterocycles. The summed E-state index contributed by atoms with van der Waals surface area (Å²) in [6, 6.07) is 7.45. The highest BCUT2D eigenvalue weighted by molar-refractivity contribution is 6.18. The minimum atomic E-state index is -4.61. The van der Waals surface area contributed by atoms with Crippen molar-refractivity contribution in [2.24, 2.45) is 0 Å². The topological polar surface area (TPSA) is 88.0 Å². The molecule has 0 spiro atoms. The minimum Gasteiger partial charge on any atom is -0.486 e. The fourth-order valence-corrected chi connectivity index (χ4v) is 3.65. The summed E-state index contributed by atoms with van der Waals surface area (Å²) < 4.78 is 46.3. The number of nitrogens with one attached hydrogen (secondary N) is 1. The van der Waals surface area contributed by atoms with Gasteiger partial charge >= 0.3 is 11.9 Å². The molecule has 1 N–H and O–H groups in total. The Balaban J connectivity index is 1.78. The van der Waals surface area contributed by atoms with Crippen molar-refractivity contribution in [3.63, 3.8) is 0 Å². The lowest BCUT2D eigenvalue weighted by atomic mass is 10.0. The van der Waals surface area contributed by atoms with Gasteiger partial charge in [-0.3, -0.25) is 19.8 Å². The van der Waals surface area contributed by atoms with E-state index in [1.165, 1.54) is 24.3 Å². The Kier molecular flexibility index (Phi) is 8.01. The number of amides is 1. The third-order valence-corrected chi connectivity index (χ3v) is 5.64. The van der Waals surface area contributed by atoms with E-state index in [-0.39, 0.29) is 41.6 Å². The first-order valence-electron chi connectivity index (χ1n) is 10.4. The summed E-state index contributed by atoms with van der Waals surface area (Å²) in [6.45, 7) is 1.52. The van der Waals surface area contributed by atoms with E-state index in [2.05, 4.69) is 5.32 Å². The fraction of sp³-hybridized carbons (Fsp3) is 0.409. The van der Waals surface area contributed by atoms with Gasteiger partial charge in [-0.25, -0.2) is 0 Å². The van der Waals surface area contributed by atoms with Crippen molar-refractivity contribution in [2.75, 3.05) is 45.0 Å². The first-order chi connectivity index (χ1) is 16.0. The van der Waals surface area contributed by atoms with Crippen LogP contribution in [0.2, 0.25) is 0 Å². The van der Waals surface area contributed by atoms with Gasteiger partial charge in [-0.2, -0.15) is 13.2 Å². The van der Waals surface area contributed by atoms with E-state index in [1.54, 1.807) is 0 Å². The molecule has 1 fully saturated rings. The number of likely N-dealkylation sites (tertiary alicyclic amines) is 1. The van der Waals surface area contributed by atoms with Crippen LogP contribution >= 0.6 is 11.6 Å². The molecular formula is C22H24ClF3N4O4. The second-order valence-electron chi connectivity index (χ2n) is 8.11. The van der Waals surface area contributed by atoms with Crippen LogP contribution in [0.4, 0.5) is 24.5 Å². The molecule has 34 heavy (non-hydrogen) atoms. The summed E-state index contributed by atoms with van der Waals surface area (Å²) in [5.41, 5.74) is -1.35. The van der Waals surface area contributed by atoms with Crippen molar-refractivity contribution < 1.29 is 27.6 Å². The Morgan fingerprint density at radius 3 is 2.56 bits per heavy atom. The van der Waals surface area contributed by atoms with Crippen molar-refractivity contribution >= 4 is 28.9 Å². The van der Waals surface area contributed by atoms with Crippen LogP contribution in [0.3, 0.4) is 0 Å². The van der Waals surface area contributed by atoms with Crippen LogP contribution in [0, 0.1) is 10.1 Å². The third-order valence-electron chi connectivity index (χ3n) is 5.49.